The van der Waals surface area contributed by atoms with Crippen molar-refractivity contribution >= 4 is 68.8 Å². The zero-order valence-corrected chi connectivity index (χ0v) is 56.2. The lowest BCUT2D eigenvalue weighted by Crippen LogP contribution is -2.46. The van der Waals surface area contributed by atoms with Gasteiger partial charge in [0.2, 0.25) is 5.43 Å². The number of likely N-dealkylation sites (N-methyl/N-ethyl adjacent to an activating group) is 1. The minimum absolute atomic E-state index is 0.0559. The molecular formula is C69H87FN10O17. The fourth-order valence-corrected chi connectivity index (χ4v) is 13.3. The van der Waals surface area contributed by atoms with Gasteiger partial charge in [0.25, 0.3) is 17.6 Å². The number of carboxylic acid groups (broad SMARTS) is 1. The number of carboxylic acids is 1. The summed E-state index contributed by atoms with van der Waals surface area (Å²) in [6.07, 6.45) is 14.5. The number of ketones is 1. The molecule has 6 aliphatic heterocycles. The Hall–Kier alpha value is -9.22. The Balaban J connectivity index is 0.000000236. The van der Waals surface area contributed by atoms with Crippen molar-refractivity contribution in [1.82, 2.24) is 29.8 Å². The number of carbonyl (C=O) groups is 5. The normalized spacial score (nSPS) is 27.5. The molecule has 5 bridgehead atoms. The molecule has 27 nitrogen and oxygen atoms in total. The van der Waals surface area contributed by atoms with Gasteiger partial charge in [-0.05, 0) is 71.2 Å². The van der Waals surface area contributed by atoms with Gasteiger partial charge in [-0.25, -0.2) is 14.2 Å². The number of benzene rings is 3. The Morgan fingerprint density at radius 2 is 1.63 bits per heavy atom. The van der Waals surface area contributed by atoms with Crippen molar-refractivity contribution in [3.05, 3.63) is 111 Å². The number of carbonyl (C=O) groups excluding carboxylic acids is 4. The second kappa shape index (κ2) is 30.0. The Morgan fingerprint density at radius 1 is 0.918 bits per heavy atom. The van der Waals surface area contributed by atoms with Crippen LogP contribution in [0.2, 0.25) is 0 Å². The van der Waals surface area contributed by atoms with E-state index in [0.29, 0.717) is 48.5 Å². The minimum Gasteiger partial charge on any atom is -0.507 e. The number of allylic oxidation sites excluding steroid dienone is 2. The number of hydrazone groups is 1. The summed E-state index contributed by atoms with van der Waals surface area (Å²) in [5.74, 6) is -9.96. The highest BCUT2D eigenvalue weighted by Gasteiger charge is 2.50. The molecule has 0 unspecified atom stereocenters. The molecule has 1 saturated carbocycles. The van der Waals surface area contributed by atoms with Gasteiger partial charge in [0.1, 0.15) is 40.3 Å². The zero-order valence-electron chi connectivity index (χ0n) is 56.2. The van der Waals surface area contributed by atoms with Crippen molar-refractivity contribution in [2.45, 2.75) is 123 Å². The number of aromatic nitrogens is 3. The molecule has 11 atom stereocenters. The summed E-state index contributed by atoms with van der Waals surface area (Å²) in [6.45, 7) is 17.5. The Kier molecular flexibility index (Phi) is 22.3. The van der Waals surface area contributed by atoms with Crippen molar-refractivity contribution in [2.75, 3.05) is 77.3 Å². The van der Waals surface area contributed by atoms with Gasteiger partial charge < -0.3 is 85.1 Å². The van der Waals surface area contributed by atoms with Crippen LogP contribution >= 0.6 is 0 Å². The molecule has 7 aliphatic rings. The molecule has 28 heteroatoms. The number of fused-ring (bicyclic) bond motifs is 16. The monoisotopic (exact) mass is 1350 g/mol. The molecule has 2 amide bonds. The van der Waals surface area contributed by atoms with E-state index < -0.39 is 112 Å². The first-order valence-electron chi connectivity index (χ1n) is 32.3. The summed E-state index contributed by atoms with van der Waals surface area (Å²) in [7, 11) is 4.90. The Labute approximate surface area is 560 Å². The third-order valence-corrected chi connectivity index (χ3v) is 19.2. The molecule has 0 radical (unpaired) electrons. The number of nitrogens with zero attached hydrogens (tertiary/aromatic N) is 7. The molecule has 3 saturated heterocycles. The highest BCUT2D eigenvalue weighted by molar-refractivity contribution is 6.24. The summed E-state index contributed by atoms with van der Waals surface area (Å²) in [5, 5.41) is 79.9. The standard InChI is InChI=1S/C43H58N4O12.C21H24FN3O4.C5H5N3O/c1-21-12-11-13-22(2)42(55)45-33-28(20-44-47-17-15-46(9)16-18-47)37(52)30-31(38(33)53)36(51)26(6)40-32(30)41(54)43(8,59-40)57-19-14-29(56-10)23(3)39(58-27(7)48)25(5)35(50)24(4)34(21)49;1-29-20-17-13(19(26)14(21(27)28)9-25(17)12-4-5-12)7-15(22)18(20)24-8-11-3-2-6-23-16(11)10-24;6-5(9)4-3-7-1-2-8-4/h11-14,19-21,23-25,29,34-35,39,49-53H,15-18H2,1-10H3,(H,45,55);7,9,11-12,16,23H,2-6,8,10H2,1H3,(H,27,28);1-3H,(H2,6,9)/b12-11+,19-14+,22-13-,44-20-;;/t21-,23+,24+,25+,29-,34-,35+,39+,43-;11-,16+;/m00./s1. The quantitative estimate of drug-likeness (QED) is 0.0339. The van der Waals surface area contributed by atoms with Gasteiger partial charge in [-0.15, -0.1) is 0 Å². The van der Waals surface area contributed by atoms with Crippen LogP contribution in [-0.2, 0) is 23.8 Å². The molecule has 3 aromatic carbocycles. The molecule has 2 aromatic heterocycles. The number of amides is 2. The molecule has 10 N–H and O–H groups in total. The summed E-state index contributed by atoms with van der Waals surface area (Å²) in [6, 6.07) is 1.62. The number of rotatable bonds is 9. The van der Waals surface area contributed by atoms with Gasteiger partial charge in [0.05, 0.1) is 77.2 Å². The largest absolute Gasteiger partial charge is 0.507 e. The van der Waals surface area contributed by atoms with Crippen LogP contribution in [-0.4, -0.2) is 194 Å². The predicted octanol–water partition coefficient (Wildman–Crippen LogP) is 6.28. The number of ether oxygens (including phenoxy) is 5. The summed E-state index contributed by atoms with van der Waals surface area (Å²) >= 11 is 0. The topological polar surface area (TPSA) is 373 Å². The van der Waals surface area contributed by atoms with Gasteiger partial charge in [0, 0.05) is 131 Å². The number of primary amides is 1. The number of esters is 1. The lowest BCUT2D eigenvalue weighted by Gasteiger charge is -2.38. The molecule has 12 rings (SSSR count). The lowest BCUT2D eigenvalue weighted by atomic mass is 9.78. The second-order valence-electron chi connectivity index (χ2n) is 25.9. The number of hydrogen-bond acceptors (Lipinski definition) is 23. The van der Waals surface area contributed by atoms with Crippen LogP contribution < -0.4 is 36.2 Å². The predicted molar refractivity (Wildman–Crippen MR) is 358 cm³/mol. The summed E-state index contributed by atoms with van der Waals surface area (Å²) in [4.78, 5) is 86.6. The van der Waals surface area contributed by atoms with Gasteiger partial charge in [0.15, 0.2) is 17.3 Å². The first-order valence-corrected chi connectivity index (χ1v) is 32.3. The van der Waals surface area contributed by atoms with E-state index in [1.165, 1.54) is 97.4 Å². The number of nitrogens with two attached hydrogens (primary N) is 1. The number of hydrogen-bond donors (Lipinski definition) is 9. The van der Waals surface area contributed by atoms with Gasteiger partial charge in [-0.3, -0.25) is 34.0 Å². The summed E-state index contributed by atoms with van der Waals surface area (Å²) in [5.41, 5.74) is 4.56. The van der Waals surface area contributed by atoms with Crippen molar-refractivity contribution in [3.8, 4) is 28.7 Å². The summed E-state index contributed by atoms with van der Waals surface area (Å²) < 4.78 is 46.4. The molecule has 97 heavy (non-hydrogen) atoms. The van der Waals surface area contributed by atoms with Crippen LogP contribution in [0.15, 0.2) is 76.9 Å². The fraction of sp³-hybridized carbons (Fsp3) is 0.493. The third kappa shape index (κ3) is 15.0. The zero-order chi connectivity index (χ0) is 70.6. The number of aromatic hydroxyl groups is 3. The molecule has 4 fully saturated rings. The average molecular weight is 1350 g/mol. The van der Waals surface area contributed by atoms with Gasteiger partial charge in [-0.1, -0.05) is 45.9 Å². The number of anilines is 2. The maximum Gasteiger partial charge on any atom is 0.341 e. The number of piperidine rings is 1. The number of nitrogens with one attached hydrogen (secondary N) is 2. The van der Waals surface area contributed by atoms with Crippen LogP contribution in [0.3, 0.4) is 0 Å². The van der Waals surface area contributed by atoms with Crippen molar-refractivity contribution < 1.29 is 82.7 Å². The second-order valence-corrected chi connectivity index (χ2v) is 25.9. The maximum absolute atomic E-state index is 15.3. The molecule has 522 valence electrons. The van der Waals surface area contributed by atoms with E-state index in [0.717, 1.165) is 51.9 Å². The number of piperazine rings is 1. The number of aromatic carboxylic acids is 1. The number of halogens is 1. The minimum atomic E-state index is -2.04. The van der Waals surface area contributed by atoms with E-state index >= 15 is 4.39 Å². The molecular weight excluding hydrogens is 1260 g/mol. The SMILES string of the molecule is CO[C@H]1/C=C/O[C@@]2(C)Oc3c(C)c(O)c4c(O)c(c(/C=N\N5CCN(C)CC5)c(O)c4c3C2=O)NC(=O)/C(C)=C\C=C\[C@H](C)[C@H](O)[C@@H](C)[C@@H](O)[C@@H](C)[C@H](OC(C)=O)[C@@H]1C.COc1c(N2C[C@@H]3CCCN[C@@H]3C2)c(F)cc2c(=O)c(C(=O)O)cn(C3CC3)c12.NC(=O)c1cnccn1. The number of Topliss-reactive ketones (excluding diaryl/α,β-unsaturated/α-hetero) is 1. The molecule has 8 heterocycles. The highest BCUT2D eigenvalue weighted by Crippen LogP contribution is 2.55. The number of methoxy groups -OCH3 is 2. The van der Waals surface area contributed by atoms with E-state index in [1.807, 2.05) is 11.9 Å². The Bertz CT molecular complexity index is 4010. The molecule has 1 aliphatic carbocycles. The van der Waals surface area contributed by atoms with Crippen LogP contribution in [0.1, 0.15) is 123 Å². The highest BCUT2D eigenvalue weighted by atomic mass is 19.1. The number of aliphatic hydroxyl groups excluding tert-OH is 2. The van der Waals surface area contributed by atoms with Crippen LogP contribution in [0.4, 0.5) is 15.8 Å². The maximum atomic E-state index is 15.3. The third-order valence-electron chi connectivity index (χ3n) is 19.2. The van der Waals surface area contributed by atoms with E-state index in [1.54, 1.807) is 49.4 Å². The van der Waals surface area contributed by atoms with Crippen LogP contribution in [0, 0.1) is 42.3 Å². The van der Waals surface area contributed by atoms with E-state index in [9.17, 15) is 59.4 Å². The number of aliphatic hydroxyl groups is 2. The Morgan fingerprint density at radius 3 is 2.24 bits per heavy atom. The first kappa shape index (κ1) is 72.1. The van der Waals surface area contributed by atoms with E-state index in [4.69, 9.17) is 29.4 Å². The fourth-order valence-electron chi connectivity index (χ4n) is 13.3. The number of phenolic OH excluding ortho intramolecular Hbond substituents is 3. The van der Waals surface area contributed by atoms with Crippen molar-refractivity contribution in [1.29, 1.82) is 0 Å². The van der Waals surface area contributed by atoms with E-state index in [-0.39, 0.29) is 67.2 Å². The van der Waals surface area contributed by atoms with Gasteiger partial charge in [-0.2, -0.15) is 5.10 Å². The van der Waals surface area contributed by atoms with Crippen molar-refractivity contribution in [2.24, 2.45) is 40.4 Å². The number of phenols is 3. The van der Waals surface area contributed by atoms with Crippen LogP contribution in [0.25, 0.3) is 21.7 Å². The van der Waals surface area contributed by atoms with Crippen molar-refractivity contribution in [3.63, 3.8) is 0 Å². The van der Waals surface area contributed by atoms with Gasteiger partial charge >= 0.3 is 17.7 Å². The van der Waals surface area contributed by atoms with Crippen LogP contribution in [0.5, 0.6) is 28.7 Å². The average Bonchev–Trinajstić information content (AvgIpc) is 1.69. The lowest BCUT2D eigenvalue weighted by molar-refractivity contribution is -0.160. The number of pyridine rings is 1. The smallest absolute Gasteiger partial charge is 0.341 e. The molecule has 0 spiro atoms. The molecule has 5 aromatic rings. The first-order chi connectivity index (χ1) is 46.0. The van der Waals surface area contributed by atoms with E-state index in [2.05, 4.69) is 30.6 Å².